The van der Waals surface area contributed by atoms with E-state index in [2.05, 4.69) is 41.4 Å². The fraction of sp³-hybridized carbons (Fsp3) is 0.375. The first kappa shape index (κ1) is 23.4. The summed E-state index contributed by atoms with van der Waals surface area (Å²) in [5, 5.41) is 14.1. The third kappa shape index (κ3) is 5.90. The number of hydrogen-bond acceptors (Lipinski definition) is 9. The molecule has 2 aromatic heterocycles. The number of benzene rings is 1. The van der Waals surface area contributed by atoms with Gasteiger partial charge >= 0.3 is 5.76 Å². The highest BCUT2D eigenvalue weighted by Crippen LogP contribution is 2.26. The lowest BCUT2D eigenvalue weighted by Crippen LogP contribution is -2.28. The first-order valence-electron chi connectivity index (χ1n) is 8.96. The monoisotopic (exact) mass is 538 g/mol. The van der Waals surface area contributed by atoms with E-state index >= 15 is 0 Å². The van der Waals surface area contributed by atoms with E-state index in [9.17, 15) is 17.6 Å². The van der Waals surface area contributed by atoms with Crippen molar-refractivity contribution in [3.8, 4) is 17.2 Å². The highest BCUT2D eigenvalue weighted by molar-refractivity contribution is 9.10. The van der Waals surface area contributed by atoms with E-state index < -0.39 is 21.6 Å². The number of aromatic nitrogens is 4. The Bertz CT molecular complexity index is 1200. The second-order valence-electron chi connectivity index (χ2n) is 6.20. The highest BCUT2D eigenvalue weighted by atomic mass is 79.9. The smallest absolute Gasteiger partial charge is 0.365 e. The van der Waals surface area contributed by atoms with Crippen molar-refractivity contribution in [2.24, 2.45) is 0 Å². The molecule has 0 saturated carbocycles. The average molecular weight is 540 g/mol. The summed E-state index contributed by atoms with van der Waals surface area (Å²) in [4.78, 5) is 12.2. The minimum Gasteiger partial charge on any atom is -0.365 e. The summed E-state index contributed by atoms with van der Waals surface area (Å²) in [6.45, 7) is 0.528. The van der Waals surface area contributed by atoms with Gasteiger partial charge in [0.1, 0.15) is 5.82 Å². The average Bonchev–Trinajstić information content (AvgIpc) is 3.34. The van der Waals surface area contributed by atoms with Crippen LogP contribution in [0.1, 0.15) is 12.8 Å². The molecule has 0 amide bonds. The summed E-state index contributed by atoms with van der Waals surface area (Å²) in [5.41, 5.74) is 0.379. The van der Waals surface area contributed by atoms with E-state index in [1.165, 1.54) is 18.2 Å². The van der Waals surface area contributed by atoms with E-state index in [0.29, 0.717) is 19.4 Å². The molecule has 0 atom stereocenters. The van der Waals surface area contributed by atoms with Crippen molar-refractivity contribution in [3.63, 3.8) is 0 Å². The normalized spacial score (nSPS) is 11.7. The minimum atomic E-state index is -3.37. The van der Waals surface area contributed by atoms with Gasteiger partial charge in [-0.3, -0.25) is 4.52 Å². The van der Waals surface area contributed by atoms with Gasteiger partial charge in [0.2, 0.25) is 21.7 Å². The van der Waals surface area contributed by atoms with Gasteiger partial charge in [-0.05, 0) is 57.3 Å². The molecule has 2 N–H and O–H groups in total. The Hall–Kier alpha value is -2.29. The van der Waals surface area contributed by atoms with Crippen LogP contribution < -0.4 is 15.8 Å². The quantitative estimate of drug-likeness (QED) is 0.276. The standard InChI is InChI=1S/C16H17BrClFN6O5S/c17-11-9-10(3-4-12(11)19)25-15(24-29-16(25)26)13-14(23-30-22-13)20-6-2-7-21-31(27,28)8-1-5-18/h3-4,9,21H,1-2,5-8H2,(H,20,23). The molecule has 0 aliphatic heterocycles. The molecule has 1 aromatic carbocycles. The second kappa shape index (κ2) is 10.3. The molecule has 0 saturated heterocycles. The van der Waals surface area contributed by atoms with Crippen molar-refractivity contribution >= 4 is 43.4 Å². The van der Waals surface area contributed by atoms with Gasteiger partial charge in [-0.2, -0.15) is 0 Å². The van der Waals surface area contributed by atoms with Gasteiger partial charge in [-0.1, -0.05) is 5.16 Å². The van der Waals surface area contributed by atoms with Crippen LogP contribution in [-0.2, 0) is 10.0 Å². The van der Waals surface area contributed by atoms with Crippen LogP contribution in [0.15, 0.2) is 36.6 Å². The Morgan fingerprint density at radius 1 is 1.19 bits per heavy atom. The lowest BCUT2D eigenvalue weighted by molar-refractivity contribution is 0.309. The van der Waals surface area contributed by atoms with Crippen molar-refractivity contribution in [2.75, 3.05) is 30.0 Å². The van der Waals surface area contributed by atoms with Crippen LogP contribution in [0.25, 0.3) is 17.2 Å². The maximum atomic E-state index is 13.5. The van der Waals surface area contributed by atoms with E-state index in [0.717, 1.165) is 4.57 Å². The summed E-state index contributed by atoms with van der Waals surface area (Å²) >= 11 is 8.57. The van der Waals surface area contributed by atoms with Crippen LogP contribution in [0, 0.1) is 5.82 Å². The maximum absolute atomic E-state index is 13.5. The van der Waals surface area contributed by atoms with Crippen LogP contribution in [0.4, 0.5) is 10.2 Å². The Morgan fingerprint density at radius 3 is 2.74 bits per heavy atom. The van der Waals surface area contributed by atoms with Crippen molar-refractivity contribution < 1.29 is 22.0 Å². The predicted octanol–water partition coefficient (Wildman–Crippen LogP) is 2.13. The SMILES string of the molecule is O=c1onc(-c2nonc2NCCCNS(=O)(=O)CCCCl)n1-c1ccc(F)c(Br)c1. The van der Waals surface area contributed by atoms with Crippen molar-refractivity contribution in [3.05, 3.63) is 39.0 Å². The lowest BCUT2D eigenvalue weighted by atomic mass is 10.3. The van der Waals surface area contributed by atoms with Crippen LogP contribution >= 0.6 is 27.5 Å². The Kier molecular flexibility index (Phi) is 7.80. The maximum Gasteiger partial charge on any atom is 0.446 e. The molecule has 0 radical (unpaired) electrons. The molecule has 3 aromatic rings. The number of halogens is 3. The highest BCUT2D eigenvalue weighted by Gasteiger charge is 2.23. The minimum absolute atomic E-state index is 0.00552. The molecule has 11 nitrogen and oxygen atoms in total. The third-order valence-electron chi connectivity index (χ3n) is 3.98. The Balaban J connectivity index is 1.69. The fourth-order valence-electron chi connectivity index (χ4n) is 2.54. The summed E-state index contributed by atoms with van der Waals surface area (Å²) < 4.78 is 50.2. The molecule has 0 aliphatic carbocycles. The first-order chi connectivity index (χ1) is 14.8. The first-order valence-corrected chi connectivity index (χ1v) is 11.9. The van der Waals surface area contributed by atoms with Crippen molar-refractivity contribution in [1.82, 2.24) is 24.8 Å². The number of nitrogens with one attached hydrogen (secondary N) is 2. The van der Waals surface area contributed by atoms with Crippen LogP contribution in [0.3, 0.4) is 0 Å². The summed E-state index contributed by atoms with van der Waals surface area (Å²) in [6.07, 6.45) is 0.802. The van der Waals surface area contributed by atoms with Gasteiger partial charge < -0.3 is 5.32 Å². The second-order valence-corrected chi connectivity index (χ2v) is 9.36. The Labute approximate surface area is 189 Å². The number of anilines is 1. The topological polar surface area (TPSA) is 145 Å². The molecule has 2 heterocycles. The third-order valence-corrected chi connectivity index (χ3v) is 6.33. The van der Waals surface area contributed by atoms with Gasteiger partial charge in [0.25, 0.3) is 0 Å². The van der Waals surface area contributed by atoms with E-state index in [4.69, 9.17) is 20.8 Å². The van der Waals surface area contributed by atoms with E-state index in [1.807, 2.05) is 0 Å². The molecular weight excluding hydrogens is 523 g/mol. The molecule has 31 heavy (non-hydrogen) atoms. The zero-order valence-corrected chi connectivity index (χ0v) is 19.0. The largest absolute Gasteiger partial charge is 0.446 e. The summed E-state index contributed by atoms with van der Waals surface area (Å²) in [5.74, 6) is -0.911. The van der Waals surface area contributed by atoms with Crippen molar-refractivity contribution in [1.29, 1.82) is 0 Å². The molecule has 0 spiro atoms. The predicted molar refractivity (Wildman–Crippen MR) is 113 cm³/mol. The molecule has 168 valence electrons. The van der Waals surface area contributed by atoms with E-state index in [-0.39, 0.29) is 45.7 Å². The van der Waals surface area contributed by atoms with Gasteiger partial charge in [0, 0.05) is 19.0 Å². The van der Waals surface area contributed by atoms with Gasteiger partial charge in [0.05, 0.1) is 15.9 Å². The van der Waals surface area contributed by atoms with Crippen molar-refractivity contribution in [2.45, 2.75) is 12.8 Å². The molecule has 0 unspecified atom stereocenters. The Morgan fingerprint density at radius 2 is 2.00 bits per heavy atom. The van der Waals surface area contributed by atoms with Crippen LogP contribution in [0.5, 0.6) is 0 Å². The summed E-state index contributed by atoms with van der Waals surface area (Å²) in [6, 6.07) is 3.94. The molecule has 0 bridgehead atoms. The van der Waals surface area contributed by atoms with E-state index in [1.54, 1.807) is 0 Å². The van der Waals surface area contributed by atoms with Crippen LogP contribution in [-0.4, -0.2) is 53.2 Å². The zero-order chi connectivity index (χ0) is 22.4. The molecule has 15 heteroatoms. The number of sulfonamides is 1. The lowest BCUT2D eigenvalue weighted by Gasteiger charge is -2.07. The molecule has 0 aliphatic rings. The molecule has 3 rings (SSSR count). The zero-order valence-electron chi connectivity index (χ0n) is 15.8. The van der Waals surface area contributed by atoms with Gasteiger partial charge in [-0.15, -0.1) is 11.6 Å². The molecular formula is C16H17BrClFN6O5S. The van der Waals surface area contributed by atoms with Crippen LogP contribution in [0.2, 0.25) is 0 Å². The fourth-order valence-corrected chi connectivity index (χ4v) is 4.33. The van der Waals surface area contributed by atoms with Gasteiger partial charge in [-0.25, -0.2) is 31.5 Å². The molecule has 0 fully saturated rings. The number of nitrogens with zero attached hydrogens (tertiary/aromatic N) is 4. The summed E-state index contributed by atoms with van der Waals surface area (Å²) in [7, 11) is -3.37. The number of hydrogen-bond donors (Lipinski definition) is 2. The number of alkyl halides is 1. The van der Waals surface area contributed by atoms with Gasteiger partial charge in [0.15, 0.2) is 5.69 Å². The number of rotatable bonds is 11.